The molecule has 1 unspecified atom stereocenters. The van der Waals surface area contributed by atoms with Crippen LogP contribution in [0.1, 0.15) is 41.5 Å². The van der Waals surface area contributed by atoms with E-state index in [0.717, 1.165) is 9.80 Å². The monoisotopic (exact) mass is 368 g/mol. The van der Waals surface area contributed by atoms with Gasteiger partial charge in [0, 0.05) is 13.6 Å². The second kappa shape index (κ2) is 9.17. The standard InChI is InChI=1S/C16H30F2N2O5/c1-15(2,3)24-13(22)19(7)11(10-21)8-20(9-12(17)18)14(23)25-16(4,5)6/h11-12,21H,8-10H2,1-7H3. The normalized spacial score (nSPS) is 13.4. The van der Waals surface area contributed by atoms with Crippen molar-refractivity contribution in [3.8, 4) is 0 Å². The minimum absolute atomic E-state index is 0.314. The van der Waals surface area contributed by atoms with Gasteiger partial charge in [-0.3, -0.25) is 0 Å². The molecule has 0 aliphatic carbocycles. The molecule has 0 bridgehead atoms. The van der Waals surface area contributed by atoms with E-state index in [1.165, 1.54) is 7.05 Å². The van der Waals surface area contributed by atoms with Crippen LogP contribution in [0.15, 0.2) is 0 Å². The summed E-state index contributed by atoms with van der Waals surface area (Å²) in [6.07, 6.45) is -4.45. The molecule has 0 aliphatic heterocycles. The van der Waals surface area contributed by atoms with Crippen molar-refractivity contribution >= 4 is 12.2 Å². The second-order valence-corrected chi connectivity index (χ2v) is 7.70. The zero-order chi connectivity index (χ0) is 20.0. The Morgan fingerprint density at radius 3 is 1.76 bits per heavy atom. The molecule has 9 heteroatoms. The molecule has 0 saturated heterocycles. The highest BCUT2D eigenvalue weighted by Gasteiger charge is 2.31. The lowest BCUT2D eigenvalue weighted by atomic mass is 10.2. The molecule has 25 heavy (non-hydrogen) atoms. The summed E-state index contributed by atoms with van der Waals surface area (Å²) >= 11 is 0. The largest absolute Gasteiger partial charge is 0.444 e. The molecule has 1 N–H and O–H groups in total. The molecule has 1 atom stereocenters. The molecule has 0 aromatic carbocycles. The van der Waals surface area contributed by atoms with Gasteiger partial charge in [-0.1, -0.05) is 0 Å². The molecule has 2 amide bonds. The number of amides is 2. The second-order valence-electron chi connectivity index (χ2n) is 7.70. The number of alkyl halides is 2. The highest BCUT2D eigenvalue weighted by molar-refractivity contribution is 5.69. The van der Waals surface area contributed by atoms with Crippen molar-refractivity contribution in [1.82, 2.24) is 9.80 Å². The lowest BCUT2D eigenvalue weighted by molar-refractivity contribution is -0.00836. The smallest absolute Gasteiger partial charge is 0.410 e. The van der Waals surface area contributed by atoms with Gasteiger partial charge in [-0.15, -0.1) is 0 Å². The van der Waals surface area contributed by atoms with E-state index in [4.69, 9.17) is 9.47 Å². The van der Waals surface area contributed by atoms with Crippen LogP contribution in [0.4, 0.5) is 18.4 Å². The van der Waals surface area contributed by atoms with Gasteiger partial charge < -0.3 is 24.4 Å². The van der Waals surface area contributed by atoms with Gasteiger partial charge >= 0.3 is 12.2 Å². The lowest BCUT2D eigenvalue weighted by Crippen LogP contribution is -2.51. The first kappa shape index (κ1) is 23.4. The van der Waals surface area contributed by atoms with Gasteiger partial charge in [0.25, 0.3) is 6.43 Å². The number of ether oxygens (including phenoxy) is 2. The van der Waals surface area contributed by atoms with Crippen LogP contribution in [0.3, 0.4) is 0 Å². The Hall–Kier alpha value is -1.64. The molecule has 0 heterocycles. The summed E-state index contributed by atoms with van der Waals surface area (Å²) in [6, 6.07) is -0.916. The van der Waals surface area contributed by atoms with E-state index in [-0.39, 0.29) is 6.54 Å². The Kier molecular flexibility index (Phi) is 8.57. The van der Waals surface area contributed by atoms with E-state index in [1.807, 2.05) is 0 Å². The van der Waals surface area contributed by atoms with E-state index >= 15 is 0 Å². The van der Waals surface area contributed by atoms with Crippen LogP contribution >= 0.6 is 0 Å². The predicted molar refractivity (Wildman–Crippen MR) is 88.7 cm³/mol. The number of aliphatic hydroxyl groups is 1. The van der Waals surface area contributed by atoms with Crippen LogP contribution < -0.4 is 0 Å². The summed E-state index contributed by atoms with van der Waals surface area (Å²) < 4.78 is 35.9. The summed E-state index contributed by atoms with van der Waals surface area (Å²) in [5, 5.41) is 9.53. The van der Waals surface area contributed by atoms with Crippen molar-refractivity contribution in [2.45, 2.75) is 65.2 Å². The van der Waals surface area contributed by atoms with E-state index < -0.39 is 49.0 Å². The van der Waals surface area contributed by atoms with Crippen LogP contribution in [0.25, 0.3) is 0 Å². The first-order chi connectivity index (χ1) is 11.2. The minimum Gasteiger partial charge on any atom is -0.444 e. The molecule has 0 aromatic heterocycles. The number of aliphatic hydroxyl groups excluding tert-OH is 1. The quantitative estimate of drug-likeness (QED) is 0.780. The number of carbonyl (C=O) groups is 2. The van der Waals surface area contributed by atoms with Gasteiger partial charge in [-0.2, -0.15) is 0 Å². The molecule has 148 valence electrons. The number of halogens is 2. The molecular weight excluding hydrogens is 338 g/mol. The number of rotatable bonds is 6. The fourth-order valence-electron chi connectivity index (χ4n) is 1.76. The third-order valence-corrected chi connectivity index (χ3v) is 2.88. The van der Waals surface area contributed by atoms with Gasteiger partial charge in [0.1, 0.15) is 11.2 Å². The first-order valence-corrected chi connectivity index (χ1v) is 7.99. The fraction of sp³-hybridized carbons (Fsp3) is 0.875. The molecule has 0 radical (unpaired) electrons. The summed E-state index contributed by atoms with van der Waals surface area (Å²) in [4.78, 5) is 26.0. The summed E-state index contributed by atoms with van der Waals surface area (Å²) in [5.74, 6) is 0. The van der Waals surface area contributed by atoms with Crippen molar-refractivity contribution in [3.05, 3.63) is 0 Å². The van der Waals surface area contributed by atoms with E-state index in [1.54, 1.807) is 41.5 Å². The van der Waals surface area contributed by atoms with Crippen molar-refractivity contribution in [2.24, 2.45) is 0 Å². The van der Waals surface area contributed by atoms with E-state index in [9.17, 15) is 23.5 Å². The third-order valence-electron chi connectivity index (χ3n) is 2.88. The van der Waals surface area contributed by atoms with Crippen molar-refractivity contribution in [3.63, 3.8) is 0 Å². The van der Waals surface area contributed by atoms with Crippen LogP contribution in [-0.4, -0.2) is 77.5 Å². The number of hydrogen-bond acceptors (Lipinski definition) is 5. The molecule has 0 aliphatic rings. The Bertz CT molecular complexity index is 447. The van der Waals surface area contributed by atoms with Gasteiger partial charge in [0.05, 0.1) is 19.2 Å². The summed E-state index contributed by atoms with van der Waals surface area (Å²) in [5.41, 5.74) is -1.61. The zero-order valence-electron chi connectivity index (χ0n) is 16.0. The number of carbonyl (C=O) groups excluding carboxylic acids is 2. The summed E-state index contributed by atoms with van der Waals surface area (Å²) in [7, 11) is 1.37. The van der Waals surface area contributed by atoms with Gasteiger partial charge in [-0.25, -0.2) is 18.4 Å². The van der Waals surface area contributed by atoms with Crippen LogP contribution in [0.2, 0.25) is 0 Å². The first-order valence-electron chi connectivity index (χ1n) is 7.99. The maximum Gasteiger partial charge on any atom is 0.410 e. The maximum absolute atomic E-state index is 12.8. The molecular formula is C16H30F2N2O5. The fourth-order valence-corrected chi connectivity index (χ4v) is 1.76. The van der Waals surface area contributed by atoms with Crippen LogP contribution in [0, 0.1) is 0 Å². The zero-order valence-corrected chi connectivity index (χ0v) is 16.0. The van der Waals surface area contributed by atoms with Gasteiger partial charge in [-0.05, 0) is 41.5 Å². The van der Waals surface area contributed by atoms with E-state index in [0.29, 0.717) is 0 Å². The summed E-state index contributed by atoms with van der Waals surface area (Å²) in [6.45, 7) is 8.16. The SMILES string of the molecule is CN(C(=O)OC(C)(C)C)C(CO)CN(CC(F)F)C(=O)OC(C)(C)C. The highest BCUT2D eigenvalue weighted by Crippen LogP contribution is 2.15. The third kappa shape index (κ3) is 10.1. The molecule has 0 aromatic rings. The van der Waals surface area contributed by atoms with Crippen LogP contribution in [0.5, 0.6) is 0 Å². The number of nitrogens with zero attached hydrogens (tertiary/aromatic N) is 2. The predicted octanol–water partition coefficient (Wildman–Crippen LogP) is 2.72. The van der Waals surface area contributed by atoms with E-state index in [2.05, 4.69) is 0 Å². The van der Waals surface area contributed by atoms with Crippen molar-refractivity contribution < 1.29 is 33.0 Å². The molecule has 0 saturated carbocycles. The Morgan fingerprint density at radius 2 is 1.40 bits per heavy atom. The highest BCUT2D eigenvalue weighted by atomic mass is 19.3. The number of hydrogen-bond donors (Lipinski definition) is 1. The van der Waals surface area contributed by atoms with Crippen molar-refractivity contribution in [2.75, 3.05) is 26.7 Å². The topological polar surface area (TPSA) is 79.3 Å². The molecule has 0 fully saturated rings. The Labute approximate surface area is 147 Å². The average molecular weight is 368 g/mol. The number of likely N-dealkylation sites (N-methyl/N-ethyl adjacent to an activating group) is 1. The lowest BCUT2D eigenvalue weighted by Gasteiger charge is -2.34. The van der Waals surface area contributed by atoms with Gasteiger partial charge in [0.15, 0.2) is 0 Å². The van der Waals surface area contributed by atoms with Crippen LogP contribution in [-0.2, 0) is 9.47 Å². The Balaban J connectivity index is 5.14. The maximum atomic E-state index is 12.8. The molecule has 0 rings (SSSR count). The Morgan fingerprint density at radius 1 is 0.960 bits per heavy atom. The van der Waals surface area contributed by atoms with Crippen molar-refractivity contribution in [1.29, 1.82) is 0 Å². The van der Waals surface area contributed by atoms with Gasteiger partial charge in [0.2, 0.25) is 0 Å². The average Bonchev–Trinajstić information content (AvgIpc) is 2.38. The molecule has 0 spiro atoms. The molecule has 7 nitrogen and oxygen atoms in total. The minimum atomic E-state index is -2.78.